The van der Waals surface area contributed by atoms with Crippen molar-refractivity contribution >= 4 is 17.0 Å². The standard InChI is InChI=1S/C20H19N3O3S/c1-25-19(26-2)10-15-9-18(24)23-20(22-15)16(11-21-23)17-8-14(12-27-17)13-6-4-3-5-7-13/h3-9,11-12,19,22H,10H2,1-2H3. The van der Waals surface area contributed by atoms with Crippen molar-refractivity contribution in [1.29, 1.82) is 0 Å². The number of aromatic nitrogens is 3. The number of H-pyrrole nitrogens is 1. The van der Waals surface area contributed by atoms with E-state index >= 15 is 0 Å². The van der Waals surface area contributed by atoms with Crippen LogP contribution in [0, 0.1) is 0 Å². The van der Waals surface area contributed by atoms with Crippen molar-refractivity contribution < 1.29 is 9.47 Å². The Balaban J connectivity index is 1.75. The summed E-state index contributed by atoms with van der Waals surface area (Å²) in [4.78, 5) is 16.8. The van der Waals surface area contributed by atoms with Gasteiger partial charge >= 0.3 is 0 Å². The second kappa shape index (κ2) is 7.48. The molecular weight excluding hydrogens is 362 g/mol. The predicted octanol–water partition coefficient (Wildman–Crippen LogP) is 3.58. The van der Waals surface area contributed by atoms with Crippen molar-refractivity contribution in [3.63, 3.8) is 0 Å². The molecule has 0 radical (unpaired) electrons. The Morgan fingerprint density at radius 2 is 1.93 bits per heavy atom. The molecular formula is C20H19N3O3S. The molecule has 4 aromatic rings. The predicted molar refractivity (Wildman–Crippen MR) is 106 cm³/mol. The fourth-order valence-corrected chi connectivity index (χ4v) is 3.96. The molecule has 0 bridgehead atoms. The lowest BCUT2D eigenvalue weighted by molar-refractivity contribution is -0.101. The van der Waals surface area contributed by atoms with Crippen LogP contribution in [0.1, 0.15) is 5.69 Å². The summed E-state index contributed by atoms with van der Waals surface area (Å²) < 4.78 is 11.9. The van der Waals surface area contributed by atoms with E-state index < -0.39 is 6.29 Å². The van der Waals surface area contributed by atoms with Crippen molar-refractivity contribution in [3.8, 4) is 21.6 Å². The van der Waals surface area contributed by atoms with Gasteiger partial charge in [-0.3, -0.25) is 4.79 Å². The van der Waals surface area contributed by atoms with Crippen molar-refractivity contribution in [2.75, 3.05) is 14.2 Å². The molecule has 0 amide bonds. The Bertz CT molecular complexity index is 1110. The summed E-state index contributed by atoms with van der Waals surface area (Å²) >= 11 is 1.63. The number of aromatic amines is 1. The maximum atomic E-state index is 12.4. The van der Waals surface area contributed by atoms with Gasteiger partial charge in [0.15, 0.2) is 6.29 Å². The average Bonchev–Trinajstić information content (AvgIpc) is 3.34. The van der Waals surface area contributed by atoms with E-state index in [1.54, 1.807) is 31.8 Å². The van der Waals surface area contributed by atoms with Gasteiger partial charge in [-0.1, -0.05) is 30.3 Å². The van der Waals surface area contributed by atoms with E-state index in [1.165, 1.54) is 10.6 Å². The zero-order chi connectivity index (χ0) is 18.8. The minimum atomic E-state index is -0.416. The lowest BCUT2D eigenvalue weighted by atomic mass is 10.1. The lowest BCUT2D eigenvalue weighted by Gasteiger charge is -2.13. The van der Waals surface area contributed by atoms with Crippen LogP contribution in [0.4, 0.5) is 0 Å². The van der Waals surface area contributed by atoms with E-state index in [0.717, 1.165) is 27.3 Å². The summed E-state index contributed by atoms with van der Waals surface area (Å²) in [6, 6.07) is 13.9. The van der Waals surface area contributed by atoms with Gasteiger partial charge < -0.3 is 14.5 Å². The highest BCUT2D eigenvalue weighted by atomic mass is 32.1. The first-order chi connectivity index (χ1) is 13.2. The third kappa shape index (κ3) is 3.44. The topological polar surface area (TPSA) is 68.6 Å². The molecule has 7 heteroatoms. The molecule has 0 fully saturated rings. The molecule has 1 aromatic carbocycles. The minimum Gasteiger partial charge on any atom is -0.356 e. The van der Waals surface area contributed by atoms with E-state index in [0.29, 0.717) is 12.1 Å². The monoisotopic (exact) mass is 381 g/mol. The van der Waals surface area contributed by atoms with Crippen molar-refractivity contribution in [3.05, 3.63) is 70.1 Å². The lowest BCUT2D eigenvalue weighted by Crippen LogP contribution is -2.21. The Kier molecular flexibility index (Phi) is 4.89. The van der Waals surface area contributed by atoms with Crippen LogP contribution in [0.5, 0.6) is 0 Å². The second-order valence-corrected chi connectivity index (χ2v) is 7.03. The summed E-state index contributed by atoms with van der Waals surface area (Å²) in [5.74, 6) is 0. The first kappa shape index (κ1) is 17.7. The SMILES string of the molecule is COC(Cc1cc(=O)n2ncc(-c3cc(-c4ccccc4)cs3)c2[nH]1)OC. The zero-order valence-corrected chi connectivity index (χ0v) is 15.8. The summed E-state index contributed by atoms with van der Waals surface area (Å²) in [5, 5.41) is 6.37. The van der Waals surface area contributed by atoms with Crippen LogP contribution in [0.3, 0.4) is 0 Å². The van der Waals surface area contributed by atoms with Crippen molar-refractivity contribution in [2.45, 2.75) is 12.7 Å². The number of nitrogens with zero attached hydrogens (tertiary/aromatic N) is 2. The van der Waals surface area contributed by atoms with Gasteiger partial charge in [0, 0.05) is 37.3 Å². The minimum absolute atomic E-state index is 0.184. The molecule has 0 spiro atoms. The summed E-state index contributed by atoms with van der Waals surface area (Å²) in [6.07, 6.45) is 1.76. The van der Waals surface area contributed by atoms with Crippen molar-refractivity contribution in [1.82, 2.24) is 14.6 Å². The summed E-state index contributed by atoms with van der Waals surface area (Å²) in [7, 11) is 3.15. The maximum Gasteiger partial charge on any atom is 0.274 e. The number of ether oxygens (including phenoxy) is 2. The third-order valence-corrected chi connectivity index (χ3v) is 5.40. The molecule has 138 valence electrons. The first-order valence-electron chi connectivity index (χ1n) is 8.49. The van der Waals surface area contributed by atoms with E-state index in [2.05, 4.69) is 33.7 Å². The molecule has 3 heterocycles. The van der Waals surface area contributed by atoms with Gasteiger partial charge in [0.05, 0.1) is 11.8 Å². The van der Waals surface area contributed by atoms with E-state index in [-0.39, 0.29) is 5.56 Å². The molecule has 6 nitrogen and oxygen atoms in total. The van der Waals surface area contributed by atoms with Crippen LogP contribution in [0.25, 0.3) is 27.2 Å². The summed E-state index contributed by atoms with van der Waals surface area (Å²) in [6.45, 7) is 0. The number of thiophene rings is 1. The highest BCUT2D eigenvalue weighted by Gasteiger charge is 2.15. The van der Waals surface area contributed by atoms with E-state index in [9.17, 15) is 4.79 Å². The van der Waals surface area contributed by atoms with E-state index in [1.807, 2.05) is 18.2 Å². The highest BCUT2D eigenvalue weighted by molar-refractivity contribution is 7.14. The molecule has 0 aliphatic rings. The average molecular weight is 381 g/mol. The molecule has 1 N–H and O–H groups in total. The third-order valence-electron chi connectivity index (χ3n) is 4.44. The molecule has 4 rings (SSSR count). The van der Waals surface area contributed by atoms with Gasteiger partial charge in [0.2, 0.25) is 0 Å². The Hall–Kier alpha value is -2.74. The smallest absolute Gasteiger partial charge is 0.274 e. The number of hydrogen-bond donors (Lipinski definition) is 1. The number of rotatable bonds is 6. The van der Waals surface area contributed by atoms with Crippen LogP contribution in [0.2, 0.25) is 0 Å². The van der Waals surface area contributed by atoms with Crippen molar-refractivity contribution in [2.24, 2.45) is 0 Å². The fraction of sp³-hybridized carbons (Fsp3) is 0.200. The number of methoxy groups -OCH3 is 2. The highest BCUT2D eigenvalue weighted by Crippen LogP contribution is 2.34. The molecule has 27 heavy (non-hydrogen) atoms. The van der Waals surface area contributed by atoms with Crippen LogP contribution < -0.4 is 5.56 Å². The molecule has 0 unspecified atom stereocenters. The zero-order valence-electron chi connectivity index (χ0n) is 15.0. The van der Waals surface area contributed by atoms with E-state index in [4.69, 9.17) is 9.47 Å². The number of nitrogens with one attached hydrogen (secondary N) is 1. The Morgan fingerprint density at radius 1 is 1.15 bits per heavy atom. The van der Waals surface area contributed by atoms with Crippen LogP contribution in [-0.2, 0) is 15.9 Å². The van der Waals surface area contributed by atoms with Crippen LogP contribution >= 0.6 is 11.3 Å². The molecule has 0 aliphatic heterocycles. The molecule has 0 atom stereocenters. The molecule has 0 saturated heterocycles. The number of fused-ring (bicyclic) bond motifs is 1. The molecule has 3 aromatic heterocycles. The number of benzene rings is 1. The van der Waals surface area contributed by atoms with Gasteiger partial charge in [0.25, 0.3) is 5.56 Å². The van der Waals surface area contributed by atoms with Crippen LogP contribution in [0.15, 0.2) is 58.8 Å². The largest absolute Gasteiger partial charge is 0.356 e. The Labute approximate surface area is 160 Å². The van der Waals surface area contributed by atoms with Gasteiger partial charge in [-0.05, 0) is 22.6 Å². The normalized spacial score (nSPS) is 11.5. The van der Waals surface area contributed by atoms with Gasteiger partial charge in [0.1, 0.15) is 5.65 Å². The van der Waals surface area contributed by atoms with Gasteiger partial charge in [-0.25, -0.2) is 0 Å². The Morgan fingerprint density at radius 3 is 2.67 bits per heavy atom. The second-order valence-electron chi connectivity index (χ2n) is 6.12. The fourth-order valence-electron chi connectivity index (χ4n) is 3.03. The van der Waals surface area contributed by atoms with Gasteiger partial charge in [-0.15, -0.1) is 11.3 Å². The van der Waals surface area contributed by atoms with Gasteiger partial charge in [-0.2, -0.15) is 9.61 Å². The summed E-state index contributed by atoms with van der Waals surface area (Å²) in [5.41, 5.74) is 4.43. The maximum absolute atomic E-state index is 12.4. The number of hydrogen-bond acceptors (Lipinski definition) is 5. The quantitative estimate of drug-likeness (QED) is 0.519. The van der Waals surface area contributed by atoms with Crippen LogP contribution in [-0.4, -0.2) is 35.1 Å². The first-order valence-corrected chi connectivity index (χ1v) is 9.37. The molecule has 0 saturated carbocycles. The molecule has 0 aliphatic carbocycles.